The number of ether oxygens (including phenoxy) is 1. The third-order valence-corrected chi connectivity index (χ3v) is 4.53. The Balaban J connectivity index is 2.00. The maximum Gasteiger partial charge on any atom is 0.124 e. The summed E-state index contributed by atoms with van der Waals surface area (Å²) in [5.41, 5.74) is 7.59. The van der Waals surface area contributed by atoms with E-state index in [2.05, 4.69) is 26.9 Å². The Morgan fingerprint density at radius 1 is 1.42 bits per heavy atom. The number of anilines is 1. The molecule has 19 heavy (non-hydrogen) atoms. The smallest absolute Gasteiger partial charge is 0.124 e. The number of rotatable bonds is 2. The lowest BCUT2D eigenvalue weighted by molar-refractivity contribution is 0.0256. The van der Waals surface area contributed by atoms with Crippen molar-refractivity contribution in [3.63, 3.8) is 0 Å². The molecular formula is C14H18BrN3O. The van der Waals surface area contributed by atoms with Gasteiger partial charge in [-0.3, -0.25) is 5.41 Å². The molecule has 4 nitrogen and oxygen atoms in total. The van der Waals surface area contributed by atoms with Crippen molar-refractivity contribution in [3.05, 3.63) is 28.2 Å². The Labute approximate surface area is 121 Å². The Morgan fingerprint density at radius 3 is 3.05 bits per heavy atom. The van der Waals surface area contributed by atoms with Gasteiger partial charge in [-0.1, -0.05) is 15.9 Å². The predicted molar refractivity (Wildman–Crippen MR) is 79.9 cm³/mol. The lowest BCUT2D eigenvalue weighted by Gasteiger charge is -2.40. The third kappa shape index (κ3) is 2.37. The van der Waals surface area contributed by atoms with Gasteiger partial charge in [0.05, 0.1) is 18.8 Å². The van der Waals surface area contributed by atoms with Crippen LogP contribution in [0.15, 0.2) is 22.7 Å². The molecule has 3 N–H and O–H groups in total. The van der Waals surface area contributed by atoms with Crippen LogP contribution in [0.25, 0.3) is 0 Å². The second-order valence-electron chi connectivity index (χ2n) is 5.18. The van der Waals surface area contributed by atoms with E-state index in [9.17, 15) is 0 Å². The molecule has 2 unspecified atom stereocenters. The second-order valence-corrected chi connectivity index (χ2v) is 6.09. The number of morpholine rings is 1. The van der Waals surface area contributed by atoms with Crippen LogP contribution in [0.3, 0.4) is 0 Å². The van der Waals surface area contributed by atoms with Gasteiger partial charge in [-0.15, -0.1) is 0 Å². The van der Waals surface area contributed by atoms with E-state index in [4.69, 9.17) is 15.9 Å². The van der Waals surface area contributed by atoms with E-state index in [1.807, 2.05) is 12.1 Å². The molecular weight excluding hydrogens is 306 g/mol. The third-order valence-electron chi connectivity index (χ3n) is 4.04. The van der Waals surface area contributed by atoms with Crippen LogP contribution < -0.4 is 10.6 Å². The lowest BCUT2D eigenvalue weighted by Crippen LogP contribution is -2.49. The van der Waals surface area contributed by atoms with Gasteiger partial charge in [0.15, 0.2) is 0 Å². The van der Waals surface area contributed by atoms with Crippen molar-refractivity contribution in [1.82, 2.24) is 0 Å². The fourth-order valence-electron chi connectivity index (χ4n) is 3.19. The molecule has 1 aliphatic heterocycles. The Bertz CT molecular complexity index is 505. The van der Waals surface area contributed by atoms with Gasteiger partial charge in [-0.25, -0.2) is 0 Å². The summed E-state index contributed by atoms with van der Waals surface area (Å²) in [4.78, 5) is 2.38. The van der Waals surface area contributed by atoms with Gasteiger partial charge in [-0.05, 0) is 37.5 Å². The summed E-state index contributed by atoms with van der Waals surface area (Å²) in [6.45, 7) is 1.63. The van der Waals surface area contributed by atoms with Crippen molar-refractivity contribution >= 4 is 27.5 Å². The van der Waals surface area contributed by atoms with E-state index in [1.54, 1.807) is 0 Å². The molecule has 1 heterocycles. The van der Waals surface area contributed by atoms with Crippen molar-refractivity contribution in [2.24, 2.45) is 5.73 Å². The number of amidine groups is 1. The van der Waals surface area contributed by atoms with E-state index in [0.29, 0.717) is 12.1 Å². The highest BCUT2D eigenvalue weighted by atomic mass is 79.9. The van der Waals surface area contributed by atoms with E-state index in [-0.39, 0.29) is 5.84 Å². The minimum absolute atomic E-state index is 0.128. The average molecular weight is 324 g/mol. The first kappa shape index (κ1) is 12.9. The van der Waals surface area contributed by atoms with Crippen LogP contribution in [-0.4, -0.2) is 31.1 Å². The Morgan fingerprint density at radius 2 is 2.26 bits per heavy atom. The van der Waals surface area contributed by atoms with Crippen molar-refractivity contribution in [2.45, 2.75) is 31.4 Å². The van der Waals surface area contributed by atoms with Crippen LogP contribution in [0.2, 0.25) is 0 Å². The molecule has 102 valence electrons. The Kier molecular flexibility index (Phi) is 3.50. The molecule has 0 radical (unpaired) electrons. The molecule has 0 spiro atoms. The van der Waals surface area contributed by atoms with Crippen LogP contribution in [0.5, 0.6) is 0 Å². The molecule has 1 aromatic carbocycles. The number of hydrogen-bond donors (Lipinski definition) is 2. The minimum Gasteiger partial charge on any atom is -0.384 e. The molecule has 0 bridgehead atoms. The van der Waals surface area contributed by atoms with Crippen LogP contribution in [0.1, 0.15) is 24.8 Å². The quantitative estimate of drug-likeness (QED) is 0.649. The van der Waals surface area contributed by atoms with Gasteiger partial charge in [-0.2, -0.15) is 0 Å². The van der Waals surface area contributed by atoms with Gasteiger partial charge >= 0.3 is 0 Å². The summed E-state index contributed by atoms with van der Waals surface area (Å²) in [7, 11) is 0. The van der Waals surface area contributed by atoms with Gasteiger partial charge in [0.1, 0.15) is 5.84 Å². The van der Waals surface area contributed by atoms with E-state index < -0.39 is 0 Å². The summed E-state index contributed by atoms with van der Waals surface area (Å²) in [6, 6.07) is 6.35. The highest BCUT2D eigenvalue weighted by Gasteiger charge is 2.37. The van der Waals surface area contributed by atoms with Crippen molar-refractivity contribution in [3.8, 4) is 0 Å². The number of benzene rings is 1. The number of nitrogens with two attached hydrogens (primary N) is 1. The molecule has 1 aromatic rings. The topological polar surface area (TPSA) is 62.3 Å². The molecule has 3 rings (SSSR count). The number of halogens is 1. The second kappa shape index (κ2) is 5.13. The zero-order valence-corrected chi connectivity index (χ0v) is 12.3. The van der Waals surface area contributed by atoms with Crippen LogP contribution >= 0.6 is 15.9 Å². The molecule has 0 amide bonds. The molecule has 2 aliphatic rings. The molecule has 0 aromatic heterocycles. The summed E-state index contributed by atoms with van der Waals surface area (Å²) in [5, 5.41) is 7.76. The number of hydrogen-bond acceptors (Lipinski definition) is 3. The summed E-state index contributed by atoms with van der Waals surface area (Å²) in [5.74, 6) is 0.128. The minimum atomic E-state index is 0.128. The number of nitrogens with zero attached hydrogens (tertiary/aromatic N) is 1. The molecule has 1 aliphatic carbocycles. The number of nitrogens with one attached hydrogen (secondary N) is 1. The predicted octanol–water partition coefficient (Wildman–Crippen LogP) is 2.49. The lowest BCUT2D eigenvalue weighted by atomic mass is 10.1. The van der Waals surface area contributed by atoms with Crippen LogP contribution in [0, 0.1) is 5.41 Å². The summed E-state index contributed by atoms with van der Waals surface area (Å²) >= 11 is 3.52. The fourth-order valence-corrected chi connectivity index (χ4v) is 3.54. The zero-order valence-electron chi connectivity index (χ0n) is 10.7. The van der Waals surface area contributed by atoms with E-state index in [0.717, 1.165) is 41.7 Å². The Hall–Kier alpha value is -1.07. The summed E-state index contributed by atoms with van der Waals surface area (Å²) in [6.07, 6.45) is 3.86. The first-order chi connectivity index (χ1) is 9.16. The van der Waals surface area contributed by atoms with Gasteiger partial charge in [0, 0.05) is 22.3 Å². The largest absolute Gasteiger partial charge is 0.384 e. The molecule has 5 heteroatoms. The highest BCUT2D eigenvalue weighted by Crippen LogP contribution is 2.35. The maximum atomic E-state index is 7.76. The van der Waals surface area contributed by atoms with E-state index >= 15 is 0 Å². The standard InChI is InChI=1S/C14H18BrN3O/c15-9-4-5-10(14(16)17)12(8-9)18-6-7-19-13-3-1-2-11(13)18/h4-5,8,11,13H,1-3,6-7H2,(H3,16,17). The summed E-state index contributed by atoms with van der Waals surface area (Å²) < 4.78 is 6.87. The molecule has 1 saturated carbocycles. The van der Waals surface area contributed by atoms with Crippen LogP contribution in [0.4, 0.5) is 5.69 Å². The van der Waals surface area contributed by atoms with E-state index in [1.165, 1.54) is 6.42 Å². The highest BCUT2D eigenvalue weighted by molar-refractivity contribution is 9.10. The van der Waals surface area contributed by atoms with Crippen molar-refractivity contribution in [1.29, 1.82) is 5.41 Å². The fraction of sp³-hybridized carbons (Fsp3) is 0.500. The van der Waals surface area contributed by atoms with Crippen molar-refractivity contribution < 1.29 is 4.74 Å². The maximum absolute atomic E-state index is 7.76. The zero-order chi connectivity index (χ0) is 13.4. The number of fused-ring (bicyclic) bond motifs is 1. The van der Waals surface area contributed by atoms with Crippen LogP contribution in [-0.2, 0) is 4.74 Å². The average Bonchev–Trinajstić information content (AvgIpc) is 2.86. The molecule has 2 fully saturated rings. The van der Waals surface area contributed by atoms with Gasteiger partial charge in [0.25, 0.3) is 0 Å². The molecule has 1 saturated heterocycles. The monoisotopic (exact) mass is 323 g/mol. The number of nitrogen functional groups attached to an aromatic ring is 1. The van der Waals surface area contributed by atoms with Gasteiger partial charge < -0.3 is 15.4 Å². The SMILES string of the molecule is N=C(N)c1ccc(Br)cc1N1CCOC2CCCC21. The normalized spacial score (nSPS) is 26.3. The first-order valence-corrected chi connectivity index (χ1v) is 7.48. The van der Waals surface area contributed by atoms with Crippen molar-refractivity contribution in [2.75, 3.05) is 18.1 Å². The van der Waals surface area contributed by atoms with Gasteiger partial charge in [0.2, 0.25) is 0 Å². The first-order valence-electron chi connectivity index (χ1n) is 6.69. The molecule has 2 atom stereocenters.